The van der Waals surface area contributed by atoms with E-state index in [9.17, 15) is 0 Å². The number of hydrogen-bond donors (Lipinski definition) is 0. The van der Waals surface area contributed by atoms with Crippen LogP contribution < -0.4 is 0 Å². The Balaban J connectivity index is 0.000000136. The molecule has 110 heavy (non-hydrogen) atoms. The van der Waals surface area contributed by atoms with Gasteiger partial charge in [-0.15, -0.1) is 13.2 Å². The van der Waals surface area contributed by atoms with Crippen LogP contribution in [0.5, 0.6) is 0 Å². The molecule has 5 aromatic rings. The van der Waals surface area contributed by atoms with Gasteiger partial charge in [0.2, 0.25) is 0 Å². The van der Waals surface area contributed by atoms with Crippen molar-refractivity contribution in [3.8, 4) is 0 Å². The Morgan fingerprint density at radius 1 is 0.218 bits per heavy atom. The minimum atomic E-state index is 0.810. The second-order valence-corrected chi connectivity index (χ2v) is 39.9. The van der Waals surface area contributed by atoms with Crippen LogP contribution in [0.4, 0.5) is 0 Å². The molecule has 10 aliphatic carbocycles. The molecule has 10 saturated carbocycles. The van der Waals surface area contributed by atoms with Crippen molar-refractivity contribution >= 4 is 0 Å². The average molecular weight is 1490 g/mol. The first-order chi connectivity index (χ1) is 53.8. The summed E-state index contributed by atoms with van der Waals surface area (Å²) in [5, 5.41) is 0. The number of benzene rings is 5. The van der Waals surface area contributed by atoms with Crippen molar-refractivity contribution < 1.29 is 0 Å². The highest BCUT2D eigenvalue weighted by molar-refractivity contribution is 5.29. The molecule has 0 amide bonds. The van der Waals surface area contributed by atoms with Crippen LogP contribution in [0.15, 0.2) is 147 Å². The van der Waals surface area contributed by atoms with Crippen molar-refractivity contribution in [3.63, 3.8) is 0 Å². The minimum absolute atomic E-state index is 0.810. The summed E-state index contributed by atoms with van der Waals surface area (Å²) >= 11 is 0. The average Bonchev–Trinajstić information content (AvgIpc) is 0.853. The van der Waals surface area contributed by atoms with Crippen molar-refractivity contribution in [1.82, 2.24) is 0 Å². The first-order valence-electron chi connectivity index (χ1n) is 48.4. The molecule has 0 saturated heterocycles. The van der Waals surface area contributed by atoms with Gasteiger partial charge in [-0.25, -0.2) is 0 Å². The molecule has 10 aliphatic rings. The monoisotopic (exact) mass is 1490 g/mol. The van der Waals surface area contributed by atoms with E-state index in [4.69, 9.17) is 0 Å². The molecule has 606 valence electrons. The summed E-state index contributed by atoms with van der Waals surface area (Å²) in [6, 6.07) is 46.5. The van der Waals surface area contributed by atoms with Crippen LogP contribution >= 0.6 is 0 Å². The summed E-state index contributed by atoms with van der Waals surface area (Å²) in [6.07, 6.45) is 74.5. The van der Waals surface area contributed by atoms with Crippen LogP contribution in [0.1, 0.15) is 414 Å². The summed E-state index contributed by atoms with van der Waals surface area (Å²) in [5.74, 6) is 19.6. The molecular formula is C110H166. The number of rotatable bonds is 20. The Kier molecular flexibility index (Phi) is 36.4. The van der Waals surface area contributed by atoms with Crippen LogP contribution in [0.25, 0.3) is 0 Å². The predicted molar refractivity (Wildman–Crippen MR) is 481 cm³/mol. The second kappa shape index (κ2) is 46.4. The fourth-order valence-corrected chi connectivity index (χ4v) is 25.0. The Morgan fingerprint density at radius 2 is 0.382 bits per heavy atom. The van der Waals surface area contributed by atoms with E-state index >= 15 is 0 Å². The summed E-state index contributed by atoms with van der Waals surface area (Å²) in [5.41, 5.74) is 14.9. The molecule has 0 spiro atoms. The summed E-state index contributed by atoms with van der Waals surface area (Å²) in [7, 11) is 0. The van der Waals surface area contributed by atoms with Gasteiger partial charge in [-0.3, -0.25) is 0 Å². The van der Waals surface area contributed by atoms with Crippen molar-refractivity contribution in [2.45, 2.75) is 393 Å². The van der Waals surface area contributed by atoms with Gasteiger partial charge in [0.1, 0.15) is 0 Å². The Labute approximate surface area is 679 Å². The Hall–Kier alpha value is -4.42. The molecule has 10 fully saturated rings. The summed E-state index contributed by atoms with van der Waals surface area (Å²) < 4.78 is 0. The molecule has 0 nitrogen and oxygen atoms in total. The molecule has 0 bridgehead atoms. The van der Waals surface area contributed by atoms with Gasteiger partial charge < -0.3 is 0 Å². The normalized spacial score (nSPS) is 32.7. The lowest BCUT2D eigenvalue weighted by Gasteiger charge is -2.38. The lowest BCUT2D eigenvalue weighted by atomic mass is 9.68. The van der Waals surface area contributed by atoms with Crippen molar-refractivity contribution in [1.29, 1.82) is 0 Å². The highest BCUT2D eigenvalue weighted by atomic mass is 14.4. The third-order valence-corrected chi connectivity index (χ3v) is 32.5. The van der Waals surface area contributed by atoms with Crippen molar-refractivity contribution in [2.75, 3.05) is 0 Å². The van der Waals surface area contributed by atoms with Crippen LogP contribution in [0, 0.1) is 123 Å². The molecule has 0 unspecified atom stereocenters. The first-order valence-corrected chi connectivity index (χ1v) is 48.4. The largest absolute Gasteiger partial charge is 0.103 e. The molecule has 0 aliphatic heterocycles. The molecule has 0 N–H and O–H groups in total. The van der Waals surface area contributed by atoms with Crippen LogP contribution in [-0.4, -0.2) is 0 Å². The van der Waals surface area contributed by atoms with Gasteiger partial charge in [0.05, 0.1) is 0 Å². The highest BCUT2D eigenvalue weighted by Crippen LogP contribution is 2.51. The smallest absolute Gasteiger partial charge is 0.0162 e. The van der Waals surface area contributed by atoms with E-state index < -0.39 is 0 Å². The fourth-order valence-electron chi connectivity index (χ4n) is 25.0. The Morgan fingerprint density at radius 3 is 0.545 bits per heavy atom. The van der Waals surface area contributed by atoms with Gasteiger partial charge in [0.15, 0.2) is 0 Å². The quantitative estimate of drug-likeness (QED) is 0.0682. The van der Waals surface area contributed by atoms with Gasteiger partial charge >= 0.3 is 0 Å². The fraction of sp³-hybridized carbons (Fsp3) is 0.691. The van der Waals surface area contributed by atoms with Crippen molar-refractivity contribution in [2.24, 2.45) is 88.8 Å². The van der Waals surface area contributed by atoms with E-state index in [1.807, 2.05) is 0 Å². The van der Waals surface area contributed by atoms with Crippen LogP contribution in [0.2, 0.25) is 0 Å². The van der Waals surface area contributed by atoms with Gasteiger partial charge in [-0.2, -0.15) is 0 Å². The van der Waals surface area contributed by atoms with E-state index in [1.54, 1.807) is 27.8 Å². The SMILES string of the molecule is C=CC1CCC(C2CCC(c3ccc(C)cc3)CC2)CC1.C=CCCC1CCC(C2CCC(c3ccc(C)cc3)CC2)CC1.CCCC1CCC(C2CCC(c3ccc(C)cc3)CC2)CC1.CCCC1CCC(C2CCC(c3ccc(C)cc3)CC2)CC1.CCCC1CCC(C2CCC(c3ccc(C)cc3)CC2)CC1. The summed E-state index contributed by atoms with van der Waals surface area (Å²) in [6.45, 7) is 25.8. The predicted octanol–water partition coefficient (Wildman–Crippen LogP) is 33.9. The maximum absolute atomic E-state index is 3.97. The van der Waals surface area contributed by atoms with Gasteiger partial charge in [0.25, 0.3) is 0 Å². The summed E-state index contributed by atoms with van der Waals surface area (Å²) in [4.78, 5) is 0. The van der Waals surface area contributed by atoms with Gasteiger partial charge in [-0.05, 0) is 399 Å². The highest BCUT2D eigenvalue weighted by Gasteiger charge is 2.37. The van der Waals surface area contributed by atoms with Crippen LogP contribution in [0.3, 0.4) is 0 Å². The zero-order chi connectivity index (χ0) is 76.8. The molecule has 5 aromatic carbocycles. The zero-order valence-electron chi connectivity index (χ0n) is 72.6. The zero-order valence-corrected chi connectivity index (χ0v) is 72.6. The number of aryl methyl sites for hydroxylation is 5. The van der Waals surface area contributed by atoms with E-state index in [0.717, 1.165) is 118 Å². The molecule has 0 heterocycles. The van der Waals surface area contributed by atoms with E-state index in [1.165, 1.54) is 336 Å². The third-order valence-electron chi connectivity index (χ3n) is 32.5. The first kappa shape index (κ1) is 86.4. The van der Waals surface area contributed by atoms with E-state index in [0.29, 0.717) is 0 Å². The number of allylic oxidation sites excluding steroid dienone is 2. The lowest BCUT2D eigenvalue weighted by Crippen LogP contribution is -2.25. The second-order valence-electron chi connectivity index (χ2n) is 39.9. The maximum atomic E-state index is 3.97. The Bertz CT molecular complexity index is 3020. The van der Waals surface area contributed by atoms with E-state index in [2.05, 4.69) is 202 Å². The molecule has 0 heteroatoms. The number of hydrogen-bond acceptors (Lipinski definition) is 0. The molecule has 0 atom stereocenters. The van der Waals surface area contributed by atoms with Gasteiger partial charge in [0, 0.05) is 0 Å². The topological polar surface area (TPSA) is 0 Å². The lowest BCUT2D eigenvalue weighted by molar-refractivity contribution is 0.156. The molecule has 0 radical (unpaired) electrons. The molecule has 0 aromatic heterocycles. The van der Waals surface area contributed by atoms with Crippen molar-refractivity contribution in [3.05, 3.63) is 202 Å². The minimum Gasteiger partial charge on any atom is -0.103 e. The third kappa shape index (κ3) is 27.1. The van der Waals surface area contributed by atoms with Gasteiger partial charge in [-0.1, -0.05) is 272 Å². The molecular weight excluding hydrogens is 1320 g/mol. The maximum Gasteiger partial charge on any atom is -0.0162 e. The van der Waals surface area contributed by atoms with E-state index in [-0.39, 0.29) is 0 Å². The van der Waals surface area contributed by atoms with Crippen LogP contribution in [-0.2, 0) is 0 Å². The standard InChI is InChI=1S/C23H34.3C22H34.C21H30/c1-3-4-5-19-8-12-21(13-9-19)23-16-14-22(15-17-23)20-10-6-18(2)7-11-20;3*1-3-4-18-7-11-20(12-8-18)22-15-13-21(14-16-22)19-9-5-17(2)6-10-19;1-3-17-6-10-19(11-7-17)21-14-12-20(13-15-21)18-8-4-16(2)5-9-18/h3,6-7,10-11,19,21-23H,1,4-5,8-9,12-17H2,2H3;3*5-6,9-10,18,20-22H,3-4,7-8,11-16H2,1-2H3;3-5,8-9,17,19-21H,1,6-7,10-15H2,2H3. The molecule has 15 rings (SSSR count).